The van der Waals surface area contributed by atoms with Crippen molar-refractivity contribution in [2.24, 2.45) is 0 Å². The van der Waals surface area contributed by atoms with E-state index in [1.54, 1.807) is 25.1 Å². The van der Waals surface area contributed by atoms with Gasteiger partial charge >= 0.3 is 6.18 Å². The highest BCUT2D eigenvalue weighted by Crippen LogP contribution is 2.37. The number of carbonyl (C=O) groups is 3. The van der Waals surface area contributed by atoms with Crippen molar-refractivity contribution in [3.63, 3.8) is 0 Å². The molecule has 0 unspecified atom stereocenters. The predicted octanol–water partition coefficient (Wildman–Crippen LogP) is 6.89. The fourth-order valence-corrected chi connectivity index (χ4v) is 3.24. The van der Waals surface area contributed by atoms with E-state index >= 15 is 0 Å². The van der Waals surface area contributed by atoms with Gasteiger partial charge in [0, 0.05) is 11.9 Å². The number of phenolic OH excluding ortho intramolecular Hbond substituents is 1. The summed E-state index contributed by atoms with van der Waals surface area (Å²) >= 11 is 12.4. The molecule has 178 valence electrons. The third-order valence-electron chi connectivity index (χ3n) is 3.66. The van der Waals surface area contributed by atoms with Gasteiger partial charge in [-0.05, 0) is 54.7 Å². The second-order valence-corrected chi connectivity index (χ2v) is 7.50. The molecule has 10 heteroatoms. The summed E-state index contributed by atoms with van der Waals surface area (Å²) in [5, 5.41) is 14.0. The summed E-state index contributed by atoms with van der Waals surface area (Å²) in [6, 6.07) is 7.03. The van der Waals surface area contributed by atoms with Crippen LogP contribution in [0.2, 0.25) is 10.0 Å². The standard InChI is InChI=1S/C18H19Cl2NO2.C2H3F3.2CH2O/c1-9(2)15-13(20)8-11(4)17(22)16(15)18(23)21-14-6-5-10(3)7-12(14)19;1-2(3,4)5;2*1-2/h5-9,22H,1-4H3,(H,21,23);1H3;2*1H2. The minimum absolute atomic E-state index is 0.0109. The second kappa shape index (κ2) is 14.5. The number of aryl methyl sites for hydroxylation is 2. The lowest BCUT2D eigenvalue weighted by Crippen LogP contribution is -2.16. The number of hydrogen-bond donors (Lipinski definition) is 2. The van der Waals surface area contributed by atoms with Crippen molar-refractivity contribution in [1.82, 2.24) is 0 Å². The van der Waals surface area contributed by atoms with E-state index in [9.17, 15) is 23.1 Å². The molecule has 0 spiro atoms. The van der Waals surface area contributed by atoms with Crippen molar-refractivity contribution >= 4 is 48.4 Å². The van der Waals surface area contributed by atoms with Crippen LogP contribution in [0.15, 0.2) is 24.3 Å². The largest absolute Gasteiger partial charge is 0.507 e. The molecule has 0 aliphatic heterocycles. The minimum Gasteiger partial charge on any atom is -0.507 e. The van der Waals surface area contributed by atoms with Gasteiger partial charge < -0.3 is 20.0 Å². The summed E-state index contributed by atoms with van der Waals surface area (Å²) in [4.78, 5) is 28.7. The molecule has 5 nitrogen and oxygen atoms in total. The van der Waals surface area contributed by atoms with Crippen molar-refractivity contribution in [1.29, 1.82) is 0 Å². The number of halogens is 5. The molecule has 0 saturated heterocycles. The van der Waals surface area contributed by atoms with Gasteiger partial charge in [0.25, 0.3) is 5.91 Å². The van der Waals surface area contributed by atoms with Crippen LogP contribution in [0.1, 0.15) is 53.7 Å². The number of amides is 1. The van der Waals surface area contributed by atoms with Gasteiger partial charge in [0.05, 0.1) is 16.3 Å². The first-order chi connectivity index (χ1) is 14.7. The quantitative estimate of drug-likeness (QED) is 0.485. The van der Waals surface area contributed by atoms with E-state index in [1.807, 2.05) is 40.4 Å². The third-order valence-corrected chi connectivity index (χ3v) is 4.28. The lowest BCUT2D eigenvalue weighted by atomic mass is 9.93. The third kappa shape index (κ3) is 10.6. The van der Waals surface area contributed by atoms with Gasteiger partial charge in [0.2, 0.25) is 0 Å². The Morgan fingerprint density at radius 1 is 1.03 bits per heavy atom. The number of alkyl halides is 3. The molecule has 0 saturated carbocycles. The summed E-state index contributed by atoms with van der Waals surface area (Å²) < 4.78 is 31.1. The molecule has 0 aromatic heterocycles. The van der Waals surface area contributed by atoms with E-state index in [1.165, 1.54) is 0 Å². The first kappa shape index (κ1) is 31.6. The van der Waals surface area contributed by atoms with E-state index in [0.717, 1.165) is 5.56 Å². The van der Waals surface area contributed by atoms with Gasteiger partial charge in [0.1, 0.15) is 19.3 Å². The predicted molar refractivity (Wildman–Crippen MR) is 122 cm³/mol. The van der Waals surface area contributed by atoms with E-state index < -0.39 is 12.1 Å². The lowest BCUT2D eigenvalue weighted by molar-refractivity contribution is -0.110. The molecule has 0 heterocycles. The van der Waals surface area contributed by atoms with E-state index in [-0.39, 0.29) is 24.2 Å². The zero-order valence-electron chi connectivity index (χ0n) is 18.4. The monoisotopic (exact) mass is 495 g/mol. The summed E-state index contributed by atoms with van der Waals surface area (Å²) in [7, 11) is 0. The summed E-state index contributed by atoms with van der Waals surface area (Å²) in [6.45, 7) is 11.7. The van der Waals surface area contributed by atoms with Crippen LogP contribution in [0.5, 0.6) is 5.75 Å². The van der Waals surface area contributed by atoms with Crippen LogP contribution in [-0.4, -0.2) is 30.8 Å². The Morgan fingerprint density at radius 2 is 1.50 bits per heavy atom. The van der Waals surface area contributed by atoms with Crippen LogP contribution in [0.4, 0.5) is 18.9 Å². The van der Waals surface area contributed by atoms with Gasteiger partial charge in [-0.3, -0.25) is 4.79 Å². The van der Waals surface area contributed by atoms with Crippen molar-refractivity contribution in [3.05, 3.63) is 56.6 Å². The molecular formula is C22H26Cl2F3NO4. The minimum atomic E-state index is -4.00. The van der Waals surface area contributed by atoms with Gasteiger partial charge in [0.15, 0.2) is 0 Å². The fourth-order valence-electron chi connectivity index (χ4n) is 2.48. The first-order valence-electron chi connectivity index (χ1n) is 8.96. The van der Waals surface area contributed by atoms with Crippen LogP contribution in [0, 0.1) is 13.8 Å². The SMILES string of the molecule is C=O.C=O.CC(F)(F)F.Cc1ccc(NC(=O)c2c(O)c(C)cc(Cl)c2C(C)C)c(Cl)c1. The van der Waals surface area contributed by atoms with E-state index in [0.29, 0.717) is 26.9 Å². The number of nitrogens with one attached hydrogen (secondary N) is 1. The zero-order valence-corrected chi connectivity index (χ0v) is 19.9. The molecule has 0 bridgehead atoms. The number of carbonyl (C=O) groups excluding carboxylic acids is 3. The molecule has 0 aliphatic rings. The summed E-state index contributed by atoms with van der Waals surface area (Å²) in [5.41, 5.74) is 2.86. The molecule has 0 radical (unpaired) electrons. The van der Waals surface area contributed by atoms with Gasteiger partial charge in [-0.15, -0.1) is 0 Å². The zero-order chi connectivity index (χ0) is 25.8. The van der Waals surface area contributed by atoms with Crippen LogP contribution in [0.3, 0.4) is 0 Å². The van der Waals surface area contributed by atoms with Crippen molar-refractivity contribution in [3.8, 4) is 5.75 Å². The molecule has 2 aromatic rings. The number of benzene rings is 2. The van der Waals surface area contributed by atoms with Crippen LogP contribution >= 0.6 is 23.2 Å². The Morgan fingerprint density at radius 3 is 1.91 bits per heavy atom. The Hall–Kier alpha value is -2.58. The average Bonchev–Trinajstić information content (AvgIpc) is 2.68. The molecule has 1 amide bonds. The maximum absolute atomic E-state index is 12.7. The fraction of sp³-hybridized carbons (Fsp3) is 0.318. The molecular weight excluding hydrogens is 470 g/mol. The topological polar surface area (TPSA) is 83.5 Å². The smallest absolute Gasteiger partial charge is 0.386 e. The van der Waals surface area contributed by atoms with Crippen LogP contribution in [-0.2, 0) is 9.59 Å². The summed E-state index contributed by atoms with van der Waals surface area (Å²) in [6.07, 6.45) is -4.00. The number of aromatic hydroxyl groups is 1. The Bertz CT molecular complexity index is 896. The normalized spacial score (nSPS) is 9.97. The van der Waals surface area contributed by atoms with Crippen molar-refractivity contribution in [2.45, 2.75) is 46.7 Å². The summed E-state index contributed by atoms with van der Waals surface area (Å²) in [5.74, 6) is -0.496. The first-order valence-corrected chi connectivity index (χ1v) is 9.71. The molecule has 0 atom stereocenters. The molecule has 2 N–H and O–H groups in total. The second-order valence-electron chi connectivity index (χ2n) is 6.69. The van der Waals surface area contributed by atoms with Crippen LogP contribution in [0.25, 0.3) is 0 Å². The molecule has 0 aliphatic carbocycles. The van der Waals surface area contributed by atoms with Gasteiger partial charge in [-0.25, -0.2) is 0 Å². The number of phenols is 1. The highest BCUT2D eigenvalue weighted by Gasteiger charge is 2.23. The number of anilines is 1. The lowest BCUT2D eigenvalue weighted by Gasteiger charge is -2.18. The van der Waals surface area contributed by atoms with Gasteiger partial charge in [-0.2, -0.15) is 13.2 Å². The Kier molecular flexibility index (Phi) is 14.3. The highest BCUT2D eigenvalue weighted by atomic mass is 35.5. The van der Waals surface area contributed by atoms with Crippen molar-refractivity contribution in [2.75, 3.05) is 5.32 Å². The molecule has 2 rings (SSSR count). The van der Waals surface area contributed by atoms with Gasteiger partial charge in [-0.1, -0.05) is 43.1 Å². The Balaban J connectivity index is 0. The average molecular weight is 496 g/mol. The molecule has 2 aromatic carbocycles. The van der Waals surface area contributed by atoms with Crippen molar-refractivity contribution < 1.29 is 32.7 Å². The van der Waals surface area contributed by atoms with Crippen LogP contribution < -0.4 is 5.32 Å². The highest BCUT2D eigenvalue weighted by molar-refractivity contribution is 6.34. The number of rotatable bonds is 3. The maximum atomic E-state index is 12.7. The molecule has 32 heavy (non-hydrogen) atoms. The maximum Gasteiger partial charge on any atom is 0.386 e. The van der Waals surface area contributed by atoms with E-state index in [2.05, 4.69) is 5.32 Å². The Labute approximate surface area is 195 Å². The molecule has 0 fully saturated rings. The number of hydrogen-bond acceptors (Lipinski definition) is 4. The van der Waals surface area contributed by atoms with E-state index in [4.69, 9.17) is 32.8 Å².